The Hall–Kier alpha value is -2.39. The van der Waals surface area contributed by atoms with Gasteiger partial charge < -0.3 is 10.2 Å². The number of carbonyl (C=O) groups excluding carboxylic acids is 2. The topological polar surface area (TPSA) is 86.8 Å². The third-order valence-electron chi connectivity index (χ3n) is 4.92. The normalized spacial score (nSPS) is 12.1. The fourth-order valence-electron chi connectivity index (χ4n) is 3.31. The number of likely N-dealkylation sites (N-methyl/N-ethyl adjacent to an activating group) is 1. The number of halogens is 1. The molecule has 0 spiro atoms. The Morgan fingerprint density at radius 1 is 1.06 bits per heavy atom. The molecule has 9 heteroatoms. The first-order chi connectivity index (χ1) is 14.7. The second-order valence-corrected chi connectivity index (χ2v) is 9.84. The highest BCUT2D eigenvalue weighted by Crippen LogP contribution is 2.27. The molecule has 2 rings (SSSR count). The highest BCUT2D eigenvalue weighted by atomic mass is 79.9. The Morgan fingerprint density at radius 2 is 1.68 bits per heavy atom. The van der Waals surface area contributed by atoms with E-state index in [1.54, 1.807) is 24.3 Å². The first-order valence-corrected chi connectivity index (χ1v) is 12.6. The summed E-state index contributed by atoms with van der Waals surface area (Å²) in [5, 5.41) is 2.60. The minimum Gasteiger partial charge on any atom is -0.357 e. The Bertz CT molecular complexity index is 999. The first-order valence-electron chi connectivity index (χ1n) is 9.96. The SMILES string of the molecule is CC[C@H](C(=O)NC)N(CCc1ccccc1)C(=O)CN(c1ccccc1Br)S(C)(=O)=O. The number of hydrogen-bond donors (Lipinski definition) is 1. The van der Waals surface area contributed by atoms with Crippen molar-refractivity contribution in [2.24, 2.45) is 0 Å². The van der Waals surface area contributed by atoms with Crippen LogP contribution in [-0.4, -0.2) is 57.6 Å². The number of benzene rings is 2. The molecule has 0 fully saturated rings. The molecule has 2 aromatic rings. The summed E-state index contributed by atoms with van der Waals surface area (Å²) in [6, 6.07) is 15.8. The van der Waals surface area contributed by atoms with Crippen molar-refractivity contribution in [2.75, 3.05) is 30.7 Å². The van der Waals surface area contributed by atoms with Crippen LogP contribution in [0.2, 0.25) is 0 Å². The quantitative estimate of drug-likeness (QED) is 0.533. The lowest BCUT2D eigenvalue weighted by Gasteiger charge is -2.32. The zero-order chi connectivity index (χ0) is 23.0. The van der Waals surface area contributed by atoms with E-state index in [9.17, 15) is 18.0 Å². The van der Waals surface area contributed by atoms with E-state index in [1.807, 2.05) is 37.3 Å². The van der Waals surface area contributed by atoms with E-state index in [-0.39, 0.29) is 5.91 Å². The molecule has 0 radical (unpaired) electrons. The molecule has 1 N–H and O–H groups in total. The Balaban J connectivity index is 2.35. The number of anilines is 1. The van der Waals surface area contributed by atoms with Gasteiger partial charge in [-0.1, -0.05) is 49.4 Å². The molecule has 0 bridgehead atoms. The fourth-order valence-corrected chi connectivity index (χ4v) is 4.79. The van der Waals surface area contributed by atoms with Crippen LogP contribution in [-0.2, 0) is 26.0 Å². The van der Waals surface area contributed by atoms with Crippen molar-refractivity contribution in [3.8, 4) is 0 Å². The Morgan fingerprint density at radius 3 is 2.23 bits per heavy atom. The molecule has 0 aliphatic heterocycles. The number of para-hydroxylation sites is 1. The highest BCUT2D eigenvalue weighted by Gasteiger charge is 2.31. The van der Waals surface area contributed by atoms with E-state index in [2.05, 4.69) is 21.2 Å². The van der Waals surface area contributed by atoms with Crippen LogP contribution < -0.4 is 9.62 Å². The summed E-state index contributed by atoms with van der Waals surface area (Å²) in [6.07, 6.45) is 2.02. The molecule has 0 aromatic heterocycles. The van der Waals surface area contributed by atoms with Gasteiger partial charge in [0.05, 0.1) is 11.9 Å². The van der Waals surface area contributed by atoms with E-state index < -0.39 is 28.5 Å². The summed E-state index contributed by atoms with van der Waals surface area (Å²) in [7, 11) is -2.22. The summed E-state index contributed by atoms with van der Waals surface area (Å²) in [6.45, 7) is 1.72. The maximum absolute atomic E-state index is 13.4. The maximum Gasteiger partial charge on any atom is 0.244 e. The van der Waals surface area contributed by atoms with Crippen molar-refractivity contribution >= 4 is 43.5 Å². The zero-order valence-corrected chi connectivity index (χ0v) is 20.3. The molecule has 1 atom stereocenters. The van der Waals surface area contributed by atoms with Crippen LogP contribution in [0.15, 0.2) is 59.1 Å². The number of amides is 2. The van der Waals surface area contributed by atoms with Crippen LogP contribution in [0.3, 0.4) is 0 Å². The highest BCUT2D eigenvalue weighted by molar-refractivity contribution is 9.10. The van der Waals surface area contributed by atoms with Crippen LogP contribution in [0.5, 0.6) is 0 Å². The van der Waals surface area contributed by atoms with Crippen LogP contribution >= 0.6 is 15.9 Å². The van der Waals surface area contributed by atoms with Gasteiger partial charge in [-0.05, 0) is 46.5 Å². The summed E-state index contributed by atoms with van der Waals surface area (Å²) in [4.78, 5) is 27.3. The molecule has 31 heavy (non-hydrogen) atoms. The first kappa shape index (κ1) is 24.9. The molecular weight excluding hydrogens is 482 g/mol. The summed E-state index contributed by atoms with van der Waals surface area (Å²) in [5.74, 6) is -0.719. The second kappa shape index (κ2) is 11.3. The van der Waals surface area contributed by atoms with E-state index in [0.29, 0.717) is 29.5 Å². The number of rotatable bonds is 10. The van der Waals surface area contributed by atoms with Crippen molar-refractivity contribution in [1.82, 2.24) is 10.2 Å². The average molecular weight is 510 g/mol. The van der Waals surface area contributed by atoms with Gasteiger partial charge in [0.2, 0.25) is 21.8 Å². The molecule has 7 nitrogen and oxygen atoms in total. The number of hydrogen-bond acceptors (Lipinski definition) is 4. The van der Waals surface area contributed by atoms with Gasteiger partial charge in [-0.3, -0.25) is 13.9 Å². The van der Waals surface area contributed by atoms with Crippen molar-refractivity contribution in [3.63, 3.8) is 0 Å². The van der Waals surface area contributed by atoms with Gasteiger partial charge in [-0.25, -0.2) is 8.42 Å². The molecule has 0 saturated heterocycles. The van der Waals surface area contributed by atoms with Gasteiger partial charge in [0.25, 0.3) is 0 Å². The second-order valence-electron chi connectivity index (χ2n) is 7.08. The van der Waals surface area contributed by atoms with Crippen LogP contribution in [0.4, 0.5) is 5.69 Å². The molecule has 0 aliphatic carbocycles. The maximum atomic E-state index is 13.4. The van der Waals surface area contributed by atoms with Crippen LogP contribution in [0.1, 0.15) is 18.9 Å². The van der Waals surface area contributed by atoms with Gasteiger partial charge in [0.1, 0.15) is 12.6 Å². The molecule has 2 amide bonds. The molecule has 2 aromatic carbocycles. The molecule has 0 unspecified atom stereocenters. The van der Waals surface area contributed by atoms with Gasteiger partial charge >= 0.3 is 0 Å². The Kier molecular flexibility index (Phi) is 9.06. The lowest BCUT2D eigenvalue weighted by molar-refractivity contribution is -0.139. The summed E-state index contributed by atoms with van der Waals surface area (Å²) >= 11 is 3.36. The van der Waals surface area contributed by atoms with E-state index in [4.69, 9.17) is 0 Å². The predicted molar refractivity (Wildman–Crippen MR) is 126 cm³/mol. The van der Waals surface area contributed by atoms with Crippen LogP contribution in [0, 0.1) is 0 Å². The van der Waals surface area contributed by atoms with E-state index >= 15 is 0 Å². The smallest absolute Gasteiger partial charge is 0.244 e. The lowest BCUT2D eigenvalue weighted by atomic mass is 10.1. The Labute approximate surface area is 192 Å². The van der Waals surface area contributed by atoms with Gasteiger partial charge in [-0.15, -0.1) is 0 Å². The predicted octanol–water partition coefficient (Wildman–Crippen LogP) is 2.81. The summed E-state index contributed by atoms with van der Waals surface area (Å²) < 4.78 is 26.6. The minimum absolute atomic E-state index is 0.282. The van der Waals surface area contributed by atoms with Crippen molar-refractivity contribution < 1.29 is 18.0 Å². The molecule has 0 aliphatic rings. The van der Waals surface area contributed by atoms with Crippen molar-refractivity contribution in [1.29, 1.82) is 0 Å². The molecule has 0 saturated carbocycles. The van der Waals surface area contributed by atoms with Crippen molar-refractivity contribution in [3.05, 3.63) is 64.6 Å². The number of sulfonamides is 1. The largest absolute Gasteiger partial charge is 0.357 e. The third-order valence-corrected chi connectivity index (χ3v) is 6.71. The molecular formula is C22H28BrN3O4S. The number of nitrogens with one attached hydrogen (secondary N) is 1. The number of nitrogens with zero attached hydrogens (tertiary/aromatic N) is 2. The van der Waals surface area contributed by atoms with Crippen LogP contribution in [0.25, 0.3) is 0 Å². The summed E-state index contributed by atoms with van der Waals surface area (Å²) in [5.41, 5.74) is 1.40. The van der Waals surface area contributed by atoms with Gasteiger partial charge in [-0.2, -0.15) is 0 Å². The van der Waals surface area contributed by atoms with E-state index in [1.165, 1.54) is 11.9 Å². The van der Waals surface area contributed by atoms with Gasteiger partial charge in [0.15, 0.2) is 0 Å². The zero-order valence-electron chi connectivity index (χ0n) is 17.9. The minimum atomic E-state index is -3.74. The standard InChI is InChI=1S/C22H28BrN3O4S/c1-4-19(22(28)24-2)25(15-14-17-10-6-5-7-11-17)21(27)16-26(31(3,29)30)20-13-9-8-12-18(20)23/h5-13,19H,4,14-16H2,1-3H3,(H,24,28)/t19-/m1/s1. The molecule has 0 heterocycles. The molecule has 168 valence electrons. The number of carbonyl (C=O) groups is 2. The van der Waals surface area contributed by atoms with E-state index in [0.717, 1.165) is 16.1 Å². The third kappa shape index (κ3) is 6.80. The lowest BCUT2D eigenvalue weighted by Crippen LogP contribution is -2.52. The average Bonchev–Trinajstić information content (AvgIpc) is 2.75. The fraction of sp³-hybridized carbons (Fsp3) is 0.364. The van der Waals surface area contributed by atoms with Gasteiger partial charge in [0, 0.05) is 18.1 Å². The van der Waals surface area contributed by atoms with Crippen molar-refractivity contribution in [2.45, 2.75) is 25.8 Å². The monoisotopic (exact) mass is 509 g/mol.